The molecule has 2 atom stereocenters. The maximum absolute atomic E-state index is 12.4. The SMILES string of the molecule is O=c1[nH]c(C2=CC(C3CC(c4ccccc4)=CCN3)CC2)nc2ccccc12. The van der Waals surface area contributed by atoms with Crippen molar-refractivity contribution < 1.29 is 0 Å². The predicted molar refractivity (Wildman–Crippen MR) is 114 cm³/mol. The molecule has 28 heavy (non-hydrogen) atoms. The van der Waals surface area contributed by atoms with Gasteiger partial charge in [0.25, 0.3) is 5.56 Å². The molecule has 2 aromatic carbocycles. The molecular weight excluding hydrogens is 346 g/mol. The van der Waals surface area contributed by atoms with Gasteiger partial charge in [0, 0.05) is 12.6 Å². The molecule has 0 bridgehead atoms. The van der Waals surface area contributed by atoms with Crippen LogP contribution in [0.25, 0.3) is 22.0 Å². The Morgan fingerprint density at radius 2 is 1.79 bits per heavy atom. The first kappa shape index (κ1) is 17.1. The van der Waals surface area contributed by atoms with E-state index in [-0.39, 0.29) is 5.56 Å². The average molecular weight is 369 g/mol. The van der Waals surface area contributed by atoms with Crippen molar-refractivity contribution in [3.05, 3.63) is 88.5 Å². The minimum atomic E-state index is -0.0601. The van der Waals surface area contributed by atoms with E-state index in [2.05, 4.69) is 52.8 Å². The van der Waals surface area contributed by atoms with E-state index in [1.807, 2.05) is 24.3 Å². The molecule has 0 fully saturated rings. The summed E-state index contributed by atoms with van der Waals surface area (Å²) >= 11 is 0. The number of H-pyrrole nitrogens is 1. The predicted octanol–water partition coefficient (Wildman–Crippen LogP) is 4.16. The van der Waals surface area contributed by atoms with Crippen LogP contribution >= 0.6 is 0 Å². The fourth-order valence-corrected chi connectivity index (χ4v) is 4.42. The Labute approximate surface area is 164 Å². The van der Waals surface area contributed by atoms with E-state index in [9.17, 15) is 4.79 Å². The van der Waals surface area contributed by atoms with Crippen LogP contribution in [0.3, 0.4) is 0 Å². The first-order chi connectivity index (χ1) is 13.8. The molecule has 5 rings (SSSR count). The van der Waals surface area contributed by atoms with E-state index < -0.39 is 0 Å². The molecule has 0 saturated carbocycles. The van der Waals surface area contributed by atoms with Crippen LogP contribution in [0.5, 0.6) is 0 Å². The van der Waals surface area contributed by atoms with E-state index in [1.54, 1.807) is 0 Å². The third-order valence-electron chi connectivity index (χ3n) is 5.91. The van der Waals surface area contributed by atoms with E-state index in [4.69, 9.17) is 4.98 Å². The highest BCUT2D eigenvalue weighted by molar-refractivity contribution is 5.79. The molecule has 140 valence electrons. The summed E-state index contributed by atoms with van der Waals surface area (Å²) in [5, 5.41) is 4.31. The summed E-state index contributed by atoms with van der Waals surface area (Å²) in [6, 6.07) is 18.6. The van der Waals surface area contributed by atoms with Gasteiger partial charge in [-0.2, -0.15) is 0 Å². The summed E-state index contributed by atoms with van der Waals surface area (Å²) in [5.41, 5.74) is 4.59. The van der Waals surface area contributed by atoms with Gasteiger partial charge in [-0.15, -0.1) is 0 Å². The van der Waals surface area contributed by atoms with Gasteiger partial charge in [0.1, 0.15) is 5.82 Å². The molecular formula is C24H23N3O. The fourth-order valence-electron chi connectivity index (χ4n) is 4.42. The van der Waals surface area contributed by atoms with Gasteiger partial charge < -0.3 is 10.3 Å². The number of benzene rings is 2. The third kappa shape index (κ3) is 3.20. The highest BCUT2D eigenvalue weighted by Gasteiger charge is 2.28. The van der Waals surface area contributed by atoms with Gasteiger partial charge in [-0.25, -0.2) is 4.98 Å². The van der Waals surface area contributed by atoms with E-state index in [0.717, 1.165) is 42.7 Å². The van der Waals surface area contributed by atoms with Gasteiger partial charge in [0.05, 0.1) is 10.9 Å². The molecule has 2 N–H and O–H groups in total. The lowest BCUT2D eigenvalue weighted by atomic mass is 9.88. The monoisotopic (exact) mass is 369 g/mol. The summed E-state index contributed by atoms with van der Waals surface area (Å²) in [4.78, 5) is 20.1. The number of hydrogen-bond donors (Lipinski definition) is 2. The Bertz CT molecular complexity index is 1130. The van der Waals surface area contributed by atoms with Gasteiger partial charge in [-0.3, -0.25) is 4.79 Å². The summed E-state index contributed by atoms with van der Waals surface area (Å²) in [6.45, 7) is 0.902. The lowest BCUT2D eigenvalue weighted by Gasteiger charge is -2.28. The second-order valence-corrected chi connectivity index (χ2v) is 7.64. The molecule has 1 aliphatic carbocycles. The minimum Gasteiger partial charge on any atom is -0.310 e. The standard InChI is InChI=1S/C24H23N3O/c28-24-20-8-4-5-9-21(20)26-23(27-24)19-11-10-18(14-19)22-15-17(12-13-25-22)16-6-2-1-3-7-16/h1-9,12,14,18,22,25H,10-11,13,15H2,(H,26,27,28). The Morgan fingerprint density at radius 3 is 2.68 bits per heavy atom. The van der Waals surface area contributed by atoms with Gasteiger partial charge in [-0.1, -0.05) is 54.6 Å². The number of aromatic nitrogens is 2. The average Bonchev–Trinajstić information content (AvgIpc) is 3.25. The number of fused-ring (bicyclic) bond motifs is 1. The topological polar surface area (TPSA) is 57.8 Å². The van der Waals surface area contributed by atoms with Crippen molar-refractivity contribution in [2.45, 2.75) is 25.3 Å². The smallest absolute Gasteiger partial charge is 0.259 e. The summed E-state index contributed by atoms with van der Waals surface area (Å²) in [6.07, 6.45) is 7.69. The Hall–Kier alpha value is -2.98. The molecule has 2 heterocycles. The van der Waals surface area contributed by atoms with Crippen LogP contribution in [0, 0.1) is 5.92 Å². The Balaban J connectivity index is 1.39. The van der Waals surface area contributed by atoms with Crippen molar-refractivity contribution in [3.63, 3.8) is 0 Å². The van der Waals surface area contributed by atoms with Crippen LogP contribution in [0.4, 0.5) is 0 Å². The van der Waals surface area contributed by atoms with Gasteiger partial charge in [0.2, 0.25) is 0 Å². The maximum Gasteiger partial charge on any atom is 0.259 e. The number of hydrogen-bond acceptors (Lipinski definition) is 3. The summed E-state index contributed by atoms with van der Waals surface area (Å²) in [7, 11) is 0. The molecule has 1 aromatic heterocycles. The number of allylic oxidation sites excluding steroid dienone is 1. The number of aromatic amines is 1. The zero-order valence-electron chi connectivity index (χ0n) is 15.7. The minimum absolute atomic E-state index is 0.0601. The lowest BCUT2D eigenvalue weighted by Crippen LogP contribution is -2.37. The fraction of sp³-hybridized carbons (Fsp3) is 0.250. The summed E-state index contributed by atoms with van der Waals surface area (Å²) in [5.74, 6) is 1.18. The molecule has 4 nitrogen and oxygen atoms in total. The Kier molecular flexibility index (Phi) is 4.41. The number of nitrogens with one attached hydrogen (secondary N) is 2. The molecule has 3 aromatic rings. The van der Waals surface area contributed by atoms with E-state index in [1.165, 1.54) is 11.1 Å². The zero-order valence-corrected chi connectivity index (χ0v) is 15.7. The molecule has 0 amide bonds. The van der Waals surface area contributed by atoms with Gasteiger partial charge in [0.15, 0.2) is 0 Å². The highest BCUT2D eigenvalue weighted by atomic mass is 16.1. The van der Waals surface area contributed by atoms with E-state index in [0.29, 0.717) is 17.3 Å². The van der Waals surface area contributed by atoms with Crippen molar-refractivity contribution in [1.82, 2.24) is 15.3 Å². The van der Waals surface area contributed by atoms with Crippen LogP contribution in [-0.2, 0) is 0 Å². The zero-order chi connectivity index (χ0) is 18.9. The largest absolute Gasteiger partial charge is 0.310 e. The first-order valence-corrected chi connectivity index (χ1v) is 9.96. The van der Waals surface area contributed by atoms with Crippen LogP contribution in [0.2, 0.25) is 0 Å². The summed E-state index contributed by atoms with van der Waals surface area (Å²) < 4.78 is 0. The molecule has 1 aliphatic heterocycles. The molecule has 0 saturated heterocycles. The van der Waals surface area contributed by atoms with Crippen LogP contribution < -0.4 is 10.9 Å². The number of nitrogens with zero attached hydrogens (tertiary/aromatic N) is 1. The quantitative estimate of drug-likeness (QED) is 0.729. The van der Waals surface area contributed by atoms with Crippen LogP contribution in [0.1, 0.15) is 30.7 Å². The molecule has 0 radical (unpaired) electrons. The van der Waals surface area contributed by atoms with Crippen molar-refractivity contribution in [3.8, 4) is 0 Å². The molecule has 2 unspecified atom stereocenters. The lowest BCUT2D eigenvalue weighted by molar-refractivity contribution is 0.415. The van der Waals surface area contributed by atoms with Crippen LogP contribution in [0.15, 0.2) is 71.5 Å². The molecule has 2 aliphatic rings. The normalized spacial score (nSPS) is 22.1. The van der Waals surface area contributed by atoms with Gasteiger partial charge >= 0.3 is 0 Å². The first-order valence-electron chi connectivity index (χ1n) is 9.96. The van der Waals surface area contributed by atoms with Crippen LogP contribution in [-0.4, -0.2) is 22.6 Å². The van der Waals surface area contributed by atoms with Crippen molar-refractivity contribution in [2.75, 3.05) is 6.54 Å². The second-order valence-electron chi connectivity index (χ2n) is 7.64. The van der Waals surface area contributed by atoms with Crippen molar-refractivity contribution in [2.24, 2.45) is 5.92 Å². The van der Waals surface area contributed by atoms with Crippen molar-refractivity contribution >= 4 is 22.0 Å². The molecule has 4 heteroatoms. The van der Waals surface area contributed by atoms with Crippen molar-refractivity contribution in [1.29, 1.82) is 0 Å². The molecule has 0 spiro atoms. The van der Waals surface area contributed by atoms with Gasteiger partial charge in [-0.05, 0) is 54.0 Å². The van der Waals surface area contributed by atoms with E-state index >= 15 is 0 Å². The number of rotatable bonds is 3. The maximum atomic E-state index is 12.4. The Morgan fingerprint density at radius 1 is 0.964 bits per heavy atom. The second kappa shape index (κ2) is 7.21. The number of para-hydroxylation sites is 1. The highest BCUT2D eigenvalue weighted by Crippen LogP contribution is 2.35. The third-order valence-corrected chi connectivity index (χ3v) is 5.91.